The molecule has 0 saturated heterocycles. The normalized spacial score (nSPS) is 16.6. The molecule has 3 aromatic carbocycles. The zero-order valence-corrected chi connectivity index (χ0v) is 26.5. The monoisotopic (exact) mass is 609 g/mol. The SMILES string of the molecule is COc1cc2c(Oc3ccc(Nc4ccc(C(C)(C)C)cc4)cc3)ccnc2cc1OCCCC(CO)C1(CCO)C=CC=N1. The quantitative estimate of drug-likeness (QED) is 0.126. The van der Waals surface area contributed by atoms with Crippen molar-refractivity contribution in [3.8, 4) is 23.0 Å². The molecule has 0 saturated carbocycles. The van der Waals surface area contributed by atoms with E-state index in [4.69, 9.17) is 14.2 Å². The summed E-state index contributed by atoms with van der Waals surface area (Å²) in [6.07, 6.45) is 9.18. The van der Waals surface area contributed by atoms with E-state index in [0.717, 1.165) is 22.3 Å². The summed E-state index contributed by atoms with van der Waals surface area (Å²) in [6, 6.07) is 21.9. The van der Waals surface area contributed by atoms with Gasteiger partial charge in [0.15, 0.2) is 11.5 Å². The number of nitrogens with one attached hydrogen (secondary N) is 1. The molecule has 2 unspecified atom stereocenters. The van der Waals surface area contributed by atoms with Crippen LogP contribution in [0, 0.1) is 5.92 Å². The van der Waals surface area contributed by atoms with Crippen molar-refractivity contribution in [2.45, 2.75) is 51.0 Å². The molecule has 3 N–H and O–H groups in total. The number of fused-ring (bicyclic) bond motifs is 1. The van der Waals surface area contributed by atoms with E-state index < -0.39 is 5.54 Å². The summed E-state index contributed by atoms with van der Waals surface area (Å²) in [4.78, 5) is 9.10. The molecule has 2 heterocycles. The van der Waals surface area contributed by atoms with E-state index in [1.165, 1.54) is 5.56 Å². The Labute approximate surface area is 265 Å². The summed E-state index contributed by atoms with van der Waals surface area (Å²) in [6.45, 7) is 7.05. The number of rotatable bonds is 14. The predicted octanol–water partition coefficient (Wildman–Crippen LogP) is 7.61. The number of hydrogen-bond donors (Lipinski definition) is 3. The van der Waals surface area contributed by atoms with E-state index >= 15 is 0 Å². The topological polar surface area (TPSA) is 105 Å². The van der Waals surface area contributed by atoms with Crippen LogP contribution >= 0.6 is 0 Å². The van der Waals surface area contributed by atoms with Gasteiger partial charge < -0.3 is 29.7 Å². The molecule has 0 amide bonds. The average molecular weight is 610 g/mol. The van der Waals surface area contributed by atoms with Gasteiger partial charge in [0.25, 0.3) is 0 Å². The predicted molar refractivity (Wildman–Crippen MR) is 181 cm³/mol. The Morgan fingerprint density at radius 2 is 1.64 bits per heavy atom. The number of anilines is 2. The molecule has 2 atom stereocenters. The van der Waals surface area contributed by atoms with Crippen LogP contribution in [0.3, 0.4) is 0 Å². The fraction of sp³-hybridized carbons (Fsp3) is 0.351. The number of allylic oxidation sites excluding steroid dienone is 1. The standard InChI is InChI=1S/C37H43N3O5/c1-36(2,3)26-8-10-28(11-9-26)40-29-12-14-30(15-13-29)45-33-16-20-38-32-24-35(34(43-4)23-31(32)33)44-22-5-7-27(25-42)37(18-21-41)17-6-19-39-37/h6,8-17,19-20,23-24,27,40-42H,5,7,18,21-22,25H2,1-4H3. The first-order chi connectivity index (χ1) is 21.7. The smallest absolute Gasteiger partial charge is 0.163 e. The maximum Gasteiger partial charge on any atom is 0.163 e. The highest BCUT2D eigenvalue weighted by atomic mass is 16.5. The van der Waals surface area contributed by atoms with Crippen molar-refractivity contribution in [1.29, 1.82) is 0 Å². The molecule has 5 rings (SSSR count). The number of aliphatic hydroxyl groups is 2. The van der Waals surface area contributed by atoms with Crippen LogP contribution in [0.1, 0.15) is 45.6 Å². The van der Waals surface area contributed by atoms with Crippen LogP contribution in [0.4, 0.5) is 11.4 Å². The minimum absolute atomic E-state index is 0.0110. The molecule has 1 aliphatic heterocycles. The molecule has 0 spiro atoms. The number of hydrogen-bond acceptors (Lipinski definition) is 8. The molecule has 0 fully saturated rings. The van der Waals surface area contributed by atoms with Gasteiger partial charge in [0, 0.05) is 54.4 Å². The van der Waals surface area contributed by atoms with Gasteiger partial charge in [-0.2, -0.15) is 0 Å². The van der Waals surface area contributed by atoms with Crippen molar-refractivity contribution in [3.63, 3.8) is 0 Å². The molecule has 0 aliphatic carbocycles. The highest BCUT2D eigenvalue weighted by molar-refractivity contribution is 5.88. The Balaban J connectivity index is 1.23. The van der Waals surface area contributed by atoms with Crippen molar-refractivity contribution in [1.82, 2.24) is 4.98 Å². The summed E-state index contributed by atoms with van der Waals surface area (Å²) in [5, 5.41) is 23.9. The third kappa shape index (κ3) is 7.64. The van der Waals surface area contributed by atoms with Gasteiger partial charge >= 0.3 is 0 Å². The van der Waals surface area contributed by atoms with E-state index in [1.54, 1.807) is 19.5 Å². The highest BCUT2D eigenvalue weighted by Crippen LogP contribution is 2.38. The van der Waals surface area contributed by atoms with Gasteiger partial charge in [-0.05, 0) is 84.8 Å². The lowest BCUT2D eigenvalue weighted by atomic mass is 9.80. The Kier molecular flexibility index (Phi) is 10.1. The van der Waals surface area contributed by atoms with Crippen LogP contribution in [0.5, 0.6) is 23.0 Å². The number of ether oxygens (including phenoxy) is 3. The molecule has 1 aromatic heterocycles. The minimum Gasteiger partial charge on any atom is -0.493 e. The number of benzene rings is 3. The molecule has 0 bridgehead atoms. The second kappa shape index (κ2) is 14.1. The Morgan fingerprint density at radius 3 is 2.27 bits per heavy atom. The van der Waals surface area contributed by atoms with Crippen LogP contribution in [0.2, 0.25) is 0 Å². The second-order valence-electron chi connectivity index (χ2n) is 12.4. The zero-order chi connectivity index (χ0) is 31.9. The second-order valence-corrected chi connectivity index (χ2v) is 12.4. The lowest BCUT2D eigenvalue weighted by Gasteiger charge is -2.32. The maximum atomic E-state index is 10.1. The molecule has 8 heteroatoms. The van der Waals surface area contributed by atoms with Crippen LogP contribution in [0.15, 0.2) is 90.1 Å². The summed E-state index contributed by atoms with van der Waals surface area (Å²) in [5.74, 6) is 2.43. The van der Waals surface area contributed by atoms with Crippen LogP contribution in [-0.4, -0.2) is 53.9 Å². The van der Waals surface area contributed by atoms with Gasteiger partial charge in [0.1, 0.15) is 11.5 Å². The summed E-state index contributed by atoms with van der Waals surface area (Å²) in [7, 11) is 1.61. The van der Waals surface area contributed by atoms with E-state index in [1.807, 2.05) is 54.6 Å². The fourth-order valence-corrected chi connectivity index (χ4v) is 5.66. The van der Waals surface area contributed by atoms with Crippen molar-refractivity contribution in [3.05, 3.63) is 90.6 Å². The summed E-state index contributed by atoms with van der Waals surface area (Å²) >= 11 is 0. The number of methoxy groups -OCH3 is 1. The van der Waals surface area contributed by atoms with Crippen LogP contribution < -0.4 is 19.5 Å². The molecule has 0 radical (unpaired) electrons. The number of nitrogens with zero attached hydrogens (tertiary/aromatic N) is 2. The Morgan fingerprint density at radius 1 is 0.911 bits per heavy atom. The lowest BCUT2D eigenvalue weighted by molar-refractivity contribution is 0.138. The van der Waals surface area contributed by atoms with Gasteiger partial charge in [-0.15, -0.1) is 0 Å². The van der Waals surface area contributed by atoms with Gasteiger partial charge in [-0.1, -0.05) is 39.0 Å². The van der Waals surface area contributed by atoms with Crippen molar-refractivity contribution in [2.75, 3.05) is 32.2 Å². The molecule has 45 heavy (non-hydrogen) atoms. The van der Waals surface area contributed by atoms with Crippen molar-refractivity contribution < 1.29 is 24.4 Å². The zero-order valence-electron chi connectivity index (χ0n) is 26.5. The Bertz CT molecular complexity index is 1610. The van der Waals surface area contributed by atoms with Gasteiger partial charge in [-0.25, -0.2) is 0 Å². The highest BCUT2D eigenvalue weighted by Gasteiger charge is 2.36. The third-order valence-corrected chi connectivity index (χ3v) is 8.29. The van der Waals surface area contributed by atoms with Crippen molar-refractivity contribution in [2.24, 2.45) is 10.9 Å². The number of pyridine rings is 1. The molecule has 4 aromatic rings. The first-order valence-corrected chi connectivity index (χ1v) is 15.4. The largest absolute Gasteiger partial charge is 0.493 e. The average Bonchev–Trinajstić information content (AvgIpc) is 3.51. The number of aromatic nitrogens is 1. The van der Waals surface area contributed by atoms with E-state index in [-0.39, 0.29) is 24.5 Å². The van der Waals surface area contributed by atoms with Crippen LogP contribution in [-0.2, 0) is 5.41 Å². The molecular formula is C37H43N3O5. The summed E-state index contributed by atoms with van der Waals surface area (Å²) < 4.78 is 18.1. The Hall–Kier alpha value is -4.40. The molecule has 1 aliphatic rings. The fourth-order valence-electron chi connectivity index (χ4n) is 5.66. The first kappa shape index (κ1) is 32.0. The lowest BCUT2D eigenvalue weighted by Crippen LogP contribution is -2.36. The van der Waals surface area contributed by atoms with E-state index in [2.05, 4.69) is 60.3 Å². The first-order valence-electron chi connectivity index (χ1n) is 15.4. The number of aliphatic hydroxyl groups excluding tert-OH is 2. The molecule has 236 valence electrons. The molecular weight excluding hydrogens is 566 g/mol. The number of aliphatic imine (C=N–C) groups is 1. The van der Waals surface area contributed by atoms with Gasteiger partial charge in [-0.3, -0.25) is 9.98 Å². The van der Waals surface area contributed by atoms with Crippen molar-refractivity contribution >= 4 is 28.5 Å². The van der Waals surface area contributed by atoms with Gasteiger partial charge in [0.05, 0.1) is 24.8 Å². The molecule has 8 nitrogen and oxygen atoms in total. The third-order valence-electron chi connectivity index (χ3n) is 8.29. The minimum atomic E-state index is -0.556. The maximum absolute atomic E-state index is 10.1. The van der Waals surface area contributed by atoms with Crippen LogP contribution in [0.25, 0.3) is 10.9 Å². The van der Waals surface area contributed by atoms with E-state index in [0.29, 0.717) is 48.9 Å². The summed E-state index contributed by atoms with van der Waals surface area (Å²) in [5.41, 5.74) is 3.58. The van der Waals surface area contributed by atoms with Gasteiger partial charge in [0.2, 0.25) is 0 Å². The van der Waals surface area contributed by atoms with E-state index in [9.17, 15) is 10.2 Å².